The quantitative estimate of drug-likeness (QED) is 0.795. The zero-order valence-electron chi connectivity index (χ0n) is 16.1. The first-order valence-corrected chi connectivity index (χ1v) is 9.75. The maximum absolute atomic E-state index is 12.5. The lowest BCUT2D eigenvalue weighted by Crippen LogP contribution is -2.42. The van der Waals surface area contributed by atoms with E-state index in [0.29, 0.717) is 55.0 Å². The average Bonchev–Trinajstić information content (AvgIpc) is 3.20. The standard InChI is InChI=1S/C21H24N4O4/c22-19-3-1-2-16(24-19)21(27)25-8-6-14(7-9-25)12-23-20(26)11-15-4-5-17-18(10-15)29-13-28-17/h1-5,10,14H,6-9,11-13H2,(H2,22,24)(H,23,26). The van der Waals surface area contributed by atoms with E-state index in [1.165, 1.54) is 0 Å². The molecule has 0 bridgehead atoms. The van der Waals surface area contributed by atoms with Crippen molar-refractivity contribution >= 4 is 17.6 Å². The van der Waals surface area contributed by atoms with Crippen molar-refractivity contribution in [2.75, 3.05) is 32.2 Å². The molecule has 3 N–H and O–H groups in total. The molecule has 0 atom stereocenters. The monoisotopic (exact) mass is 396 g/mol. The number of rotatable bonds is 5. The number of aromatic nitrogens is 1. The fraction of sp³-hybridized carbons (Fsp3) is 0.381. The molecule has 2 amide bonds. The van der Waals surface area contributed by atoms with Crippen LogP contribution in [0.2, 0.25) is 0 Å². The molecule has 0 spiro atoms. The Hall–Kier alpha value is -3.29. The number of fused-ring (bicyclic) bond motifs is 1. The van der Waals surface area contributed by atoms with Crippen molar-refractivity contribution < 1.29 is 19.1 Å². The summed E-state index contributed by atoms with van der Waals surface area (Å²) in [5, 5.41) is 3.01. The summed E-state index contributed by atoms with van der Waals surface area (Å²) >= 11 is 0. The summed E-state index contributed by atoms with van der Waals surface area (Å²) in [6.07, 6.45) is 1.99. The van der Waals surface area contributed by atoms with E-state index < -0.39 is 0 Å². The van der Waals surface area contributed by atoms with E-state index in [2.05, 4.69) is 10.3 Å². The predicted octanol–water partition coefficient (Wildman–Crippen LogP) is 1.60. The number of nitrogens with zero attached hydrogens (tertiary/aromatic N) is 2. The number of hydrogen-bond donors (Lipinski definition) is 2. The molecule has 1 fully saturated rings. The molecule has 8 heteroatoms. The van der Waals surface area contributed by atoms with Crippen LogP contribution in [0.4, 0.5) is 5.82 Å². The first kappa shape index (κ1) is 19.0. The molecule has 0 aliphatic carbocycles. The molecule has 8 nitrogen and oxygen atoms in total. The zero-order valence-corrected chi connectivity index (χ0v) is 16.1. The van der Waals surface area contributed by atoms with Crippen LogP contribution in [-0.2, 0) is 11.2 Å². The second kappa shape index (κ2) is 8.38. The highest BCUT2D eigenvalue weighted by Crippen LogP contribution is 2.32. The van der Waals surface area contributed by atoms with Gasteiger partial charge in [-0.1, -0.05) is 12.1 Å². The Balaban J connectivity index is 1.21. The summed E-state index contributed by atoms with van der Waals surface area (Å²) in [6, 6.07) is 10.6. The predicted molar refractivity (Wildman–Crippen MR) is 107 cm³/mol. The third-order valence-electron chi connectivity index (χ3n) is 5.28. The molecule has 2 aromatic rings. The van der Waals surface area contributed by atoms with E-state index >= 15 is 0 Å². The van der Waals surface area contributed by atoms with Crippen molar-refractivity contribution in [3.05, 3.63) is 47.7 Å². The lowest BCUT2D eigenvalue weighted by atomic mass is 9.96. The number of nitrogen functional groups attached to an aromatic ring is 1. The smallest absolute Gasteiger partial charge is 0.272 e. The van der Waals surface area contributed by atoms with Crippen molar-refractivity contribution in [3.63, 3.8) is 0 Å². The second-order valence-electron chi connectivity index (χ2n) is 7.35. The molecule has 1 saturated heterocycles. The minimum atomic E-state index is -0.0948. The molecule has 1 aromatic carbocycles. The number of carbonyl (C=O) groups is 2. The van der Waals surface area contributed by atoms with Gasteiger partial charge in [0.15, 0.2) is 11.5 Å². The lowest BCUT2D eigenvalue weighted by Gasteiger charge is -2.32. The number of ether oxygens (including phenoxy) is 2. The Bertz CT molecular complexity index is 909. The summed E-state index contributed by atoms with van der Waals surface area (Å²) in [7, 11) is 0. The number of anilines is 1. The van der Waals surface area contributed by atoms with Gasteiger partial charge in [0.05, 0.1) is 6.42 Å². The molecule has 2 aliphatic rings. The van der Waals surface area contributed by atoms with Gasteiger partial charge in [0.2, 0.25) is 12.7 Å². The van der Waals surface area contributed by atoms with Crippen LogP contribution in [0.1, 0.15) is 28.9 Å². The number of pyridine rings is 1. The van der Waals surface area contributed by atoms with Gasteiger partial charge in [-0.2, -0.15) is 0 Å². The Morgan fingerprint density at radius 3 is 2.72 bits per heavy atom. The Morgan fingerprint density at radius 2 is 1.93 bits per heavy atom. The van der Waals surface area contributed by atoms with Crippen LogP contribution >= 0.6 is 0 Å². The summed E-state index contributed by atoms with van der Waals surface area (Å²) in [6.45, 7) is 2.14. The highest BCUT2D eigenvalue weighted by molar-refractivity contribution is 5.92. The third kappa shape index (κ3) is 4.59. The molecule has 29 heavy (non-hydrogen) atoms. The molecule has 0 saturated carbocycles. The summed E-state index contributed by atoms with van der Waals surface area (Å²) < 4.78 is 10.6. The third-order valence-corrected chi connectivity index (χ3v) is 5.28. The summed E-state index contributed by atoms with van der Waals surface area (Å²) in [5.41, 5.74) is 6.93. The van der Waals surface area contributed by atoms with Crippen LogP contribution in [-0.4, -0.2) is 48.1 Å². The van der Waals surface area contributed by atoms with Crippen molar-refractivity contribution in [3.8, 4) is 11.5 Å². The maximum Gasteiger partial charge on any atom is 0.272 e. The minimum Gasteiger partial charge on any atom is -0.454 e. The summed E-state index contributed by atoms with van der Waals surface area (Å²) in [4.78, 5) is 30.7. The molecule has 2 aliphatic heterocycles. The van der Waals surface area contributed by atoms with Crippen LogP contribution in [0.15, 0.2) is 36.4 Å². The Kier molecular flexibility index (Phi) is 5.50. The van der Waals surface area contributed by atoms with E-state index in [4.69, 9.17) is 15.2 Å². The molecule has 0 unspecified atom stereocenters. The molecule has 4 rings (SSSR count). The molecule has 1 aromatic heterocycles. The Labute approximate surface area is 169 Å². The molecular formula is C21H24N4O4. The van der Waals surface area contributed by atoms with Crippen LogP contribution in [0, 0.1) is 5.92 Å². The number of likely N-dealkylation sites (tertiary alicyclic amines) is 1. The van der Waals surface area contributed by atoms with E-state index in [1.807, 2.05) is 18.2 Å². The highest BCUT2D eigenvalue weighted by atomic mass is 16.7. The van der Waals surface area contributed by atoms with Crippen LogP contribution in [0.5, 0.6) is 11.5 Å². The average molecular weight is 396 g/mol. The van der Waals surface area contributed by atoms with E-state index in [9.17, 15) is 9.59 Å². The van der Waals surface area contributed by atoms with Crippen molar-refractivity contribution in [1.82, 2.24) is 15.2 Å². The van der Waals surface area contributed by atoms with Gasteiger partial charge in [-0.3, -0.25) is 9.59 Å². The van der Waals surface area contributed by atoms with Crippen LogP contribution < -0.4 is 20.5 Å². The number of hydrogen-bond acceptors (Lipinski definition) is 6. The normalized spacial score (nSPS) is 15.9. The van der Waals surface area contributed by atoms with Gasteiger partial charge < -0.3 is 25.4 Å². The van der Waals surface area contributed by atoms with Crippen LogP contribution in [0.25, 0.3) is 0 Å². The van der Waals surface area contributed by atoms with Crippen LogP contribution in [0.3, 0.4) is 0 Å². The van der Waals surface area contributed by atoms with E-state index in [0.717, 1.165) is 18.4 Å². The number of carbonyl (C=O) groups excluding carboxylic acids is 2. The number of amides is 2. The minimum absolute atomic E-state index is 0.0219. The molecule has 0 radical (unpaired) electrons. The first-order valence-electron chi connectivity index (χ1n) is 9.75. The number of piperidine rings is 1. The lowest BCUT2D eigenvalue weighted by molar-refractivity contribution is -0.120. The largest absolute Gasteiger partial charge is 0.454 e. The fourth-order valence-corrected chi connectivity index (χ4v) is 3.63. The zero-order chi connectivity index (χ0) is 20.2. The van der Waals surface area contributed by atoms with Gasteiger partial charge in [0.25, 0.3) is 5.91 Å². The highest BCUT2D eigenvalue weighted by Gasteiger charge is 2.24. The molecular weight excluding hydrogens is 372 g/mol. The first-order chi connectivity index (χ1) is 14.1. The SMILES string of the molecule is Nc1cccc(C(=O)N2CCC(CNC(=O)Cc3ccc4c(c3)OCO4)CC2)n1. The van der Waals surface area contributed by atoms with Gasteiger partial charge in [-0.05, 0) is 48.6 Å². The van der Waals surface area contributed by atoms with E-state index in [-0.39, 0.29) is 18.6 Å². The van der Waals surface area contributed by atoms with Crippen molar-refractivity contribution in [2.24, 2.45) is 5.92 Å². The van der Waals surface area contributed by atoms with Gasteiger partial charge >= 0.3 is 0 Å². The molecule has 3 heterocycles. The van der Waals surface area contributed by atoms with Crippen molar-refractivity contribution in [2.45, 2.75) is 19.3 Å². The number of nitrogens with two attached hydrogens (primary N) is 1. The Morgan fingerprint density at radius 1 is 1.14 bits per heavy atom. The number of nitrogens with one attached hydrogen (secondary N) is 1. The fourth-order valence-electron chi connectivity index (χ4n) is 3.63. The summed E-state index contributed by atoms with van der Waals surface area (Å²) in [5.74, 6) is 1.98. The maximum atomic E-state index is 12.5. The topological polar surface area (TPSA) is 107 Å². The van der Waals surface area contributed by atoms with E-state index in [1.54, 1.807) is 23.1 Å². The van der Waals surface area contributed by atoms with Crippen molar-refractivity contribution in [1.29, 1.82) is 0 Å². The van der Waals surface area contributed by atoms with Gasteiger partial charge in [0, 0.05) is 19.6 Å². The van der Waals surface area contributed by atoms with Gasteiger partial charge in [0.1, 0.15) is 11.5 Å². The van der Waals surface area contributed by atoms with Gasteiger partial charge in [-0.25, -0.2) is 4.98 Å². The second-order valence-corrected chi connectivity index (χ2v) is 7.35. The number of benzene rings is 1. The molecule has 152 valence electrons. The van der Waals surface area contributed by atoms with Gasteiger partial charge in [-0.15, -0.1) is 0 Å².